The first-order valence-corrected chi connectivity index (χ1v) is 8.43. The minimum absolute atomic E-state index is 0.00167. The molecular weight excluding hydrogens is 373 g/mol. The lowest BCUT2D eigenvalue weighted by atomic mass is 10.1. The summed E-state index contributed by atoms with van der Waals surface area (Å²) in [5.74, 6) is -1.11. The highest BCUT2D eigenvalue weighted by atomic mass is 35.5. The molecular formula is C19H11Cl2N3O2. The third-order valence-corrected chi connectivity index (χ3v) is 4.47. The minimum Gasteiger partial charge on any atom is -0.477 e. The van der Waals surface area contributed by atoms with Crippen molar-refractivity contribution in [1.29, 1.82) is 0 Å². The molecule has 0 bridgehead atoms. The van der Waals surface area contributed by atoms with Crippen molar-refractivity contribution >= 4 is 34.8 Å². The third kappa shape index (κ3) is 2.92. The number of halogens is 2. The van der Waals surface area contributed by atoms with Crippen LogP contribution in [0.5, 0.6) is 0 Å². The Morgan fingerprint density at radius 1 is 0.962 bits per heavy atom. The summed E-state index contributed by atoms with van der Waals surface area (Å²) in [6.07, 6.45) is 0. The predicted octanol–water partition coefficient (Wildman–Crippen LogP) is 5.07. The minimum atomic E-state index is -1.11. The van der Waals surface area contributed by atoms with Gasteiger partial charge in [-0.25, -0.2) is 14.3 Å². The molecule has 0 atom stereocenters. The maximum Gasteiger partial charge on any atom is 0.354 e. The van der Waals surface area contributed by atoms with Crippen molar-refractivity contribution in [1.82, 2.24) is 14.6 Å². The molecule has 0 radical (unpaired) electrons. The molecule has 0 aliphatic carbocycles. The molecule has 0 fully saturated rings. The Bertz CT molecular complexity index is 1140. The summed E-state index contributed by atoms with van der Waals surface area (Å²) in [6, 6.07) is 17.7. The Kier molecular flexibility index (Phi) is 4.11. The van der Waals surface area contributed by atoms with Gasteiger partial charge in [-0.1, -0.05) is 53.5 Å². The first kappa shape index (κ1) is 16.6. The molecule has 0 saturated heterocycles. The summed E-state index contributed by atoms with van der Waals surface area (Å²) in [5.41, 5.74) is 2.97. The van der Waals surface area contributed by atoms with Crippen LogP contribution in [-0.4, -0.2) is 25.7 Å². The SMILES string of the molecule is O=C(O)c1cc(-c2ccc(Cl)cc2Cl)nc2cc(-c3ccccc3)nn12. The van der Waals surface area contributed by atoms with Crippen molar-refractivity contribution in [2.45, 2.75) is 0 Å². The van der Waals surface area contributed by atoms with Crippen LogP contribution in [0.15, 0.2) is 60.7 Å². The number of aromatic nitrogens is 3. The van der Waals surface area contributed by atoms with Gasteiger partial charge in [-0.05, 0) is 24.3 Å². The molecule has 26 heavy (non-hydrogen) atoms. The van der Waals surface area contributed by atoms with E-state index >= 15 is 0 Å². The zero-order valence-electron chi connectivity index (χ0n) is 13.2. The Balaban J connectivity index is 1.95. The van der Waals surface area contributed by atoms with E-state index in [9.17, 15) is 9.90 Å². The molecule has 5 nitrogen and oxygen atoms in total. The standard InChI is InChI=1S/C19H11Cl2N3O2/c20-12-6-7-13(14(21)8-12)16-9-17(19(25)26)24-18(22-16)10-15(23-24)11-4-2-1-3-5-11/h1-10H,(H,25,26). The normalized spacial score (nSPS) is 11.0. The highest BCUT2D eigenvalue weighted by molar-refractivity contribution is 6.36. The zero-order chi connectivity index (χ0) is 18.3. The molecule has 2 aromatic heterocycles. The smallest absolute Gasteiger partial charge is 0.354 e. The summed E-state index contributed by atoms with van der Waals surface area (Å²) < 4.78 is 1.32. The number of rotatable bonds is 3. The molecule has 4 rings (SSSR count). The number of carboxylic acids is 1. The summed E-state index contributed by atoms with van der Waals surface area (Å²) in [6.45, 7) is 0. The van der Waals surface area contributed by atoms with Crippen molar-refractivity contribution in [2.24, 2.45) is 0 Å². The molecule has 0 saturated carbocycles. The third-order valence-electron chi connectivity index (χ3n) is 3.92. The fourth-order valence-electron chi connectivity index (χ4n) is 2.71. The molecule has 2 heterocycles. The van der Waals surface area contributed by atoms with Crippen LogP contribution in [-0.2, 0) is 0 Å². The van der Waals surface area contributed by atoms with Gasteiger partial charge in [0, 0.05) is 22.2 Å². The Hall–Kier alpha value is -2.89. The lowest BCUT2D eigenvalue weighted by Crippen LogP contribution is -2.08. The number of nitrogens with zero attached hydrogens (tertiary/aromatic N) is 3. The topological polar surface area (TPSA) is 67.5 Å². The van der Waals surface area contributed by atoms with Crippen LogP contribution in [0.1, 0.15) is 10.5 Å². The maximum absolute atomic E-state index is 11.7. The summed E-state index contributed by atoms with van der Waals surface area (Å²) in [5, 5.41) is 14.9. The zero-order valence-corrected chi connectivity index (χ0v) is 14.7. The Labute approximate surface area is 158 Å². The van der Waals surface area contributed by atoms with Crippen LogP contribution in [0.3, 0.4) is 0 Å². The van der Waals surface area contributed by atoms with E-state index in [4.69, 9.17) is 23.2 Å². The number of aromatic carboxylic acids is 1. The monoisotopic (exact) mass is 383 g/mol. The summed E-state index contributed by atoms with van der Waals surface area (Å²) >= 11 is 12.2. The fourth-order valence-corrected chi connectivity index (χ4v) is 3.22. The number of benzene rings is 2. The molecule has 4 aromatic rings. The molecule has 2 aromatic carbocycles. The molecule has 0 unspecified atom stereocenters. The summed E-state index contributed by atoms with van der Waals surface area (Å²) in [4.78, 5) is 16.3. The Morgan fingerprint density at radius 2 is 1.73 bits per heavy atom. The van der Waals surface area contributed by atoms with Gasteiger partial charge in [0.15, 0.2) is 11.3 Å². The highest BCUT2D eigenvalue weighted by Gasteiger charge is 2.17. The highest BCUT2D eigenvalue weighted by Crippen LogP contribution is 2.30. The van der Waals surface area contributed by atoms with Crippen molar-refractivity contribution < 1.29 is 9.90 Å². The molecule has 0 spiro atoms. The fraction of sp³-hybridized carbons (Fsp3) is 0. The lowest BCUT2D eigenvalue weighted by molar-refractivity contribution is 0.0687. The van der Waals surface area contributed by atoms with E-state index in [0.29, 0.717) is 32.6 Å². The number of hydrogen-bond acceptors (Lipinski definition) is 3. The van der Waals surface area contributed by atoms with Crippen LogP contribution >= 0.6 is 23.2 Å². The average Bonchev–Trinajstić information content (AvgIpc) is 3.05. The van der Waals surface area contributed by atoms with E-state index in [1.54, 1.807) is 24.3 Å². The van der Waals surface area contributed by atoms with Gasteiger partial charge in [0.1, 0.15) is 0 Å². The predicted molar refractivity (Wildman–Crippen MR) is 101 cm³/mol. The average molecular weight is 384 g/mol. The van der Waals surface area contributed by atoms with Gasteiger partial charge in [0.05, 0.1) is 16.4 Å². The van der Waals surface area contributed by atoms with Gasteiger partial charge >= 0.3 is 5.97 Å². The lowest BCUT2D eigenvalue weighted by Gasteiger charge is -2.07. The Morgan fingerprint density at radius 3 is 2.42 bits per heavy atom. The van der Waals surface area contributed by atoms with Gasteiger partial charge in [-0.2, -0.15) is 5.10 Å². The molecule has 128 valence electrons. The van der Waals surface area contributed by atoms with E-state index in [1.807, 2.05) is 30.3 Å². The number of carbonyl (C=O) groups is 1. The van der Waals surface area contributed by atoms with E-state index in [-0.39, 0.29) is 5.69 Å². The number of carboxylic acid groups (broad SMARTS) is 1. The van der Waals surface area contributed by atoms with Crippen LogP contribution < -0.4 is 0 Å². The second-order valence-corrected chi connectivity index (χ2v) is 6.47. The quantitative estimate of drug-likeness (QED) is 0.536. The first-order valence-electron chi connectivity index (χ1n) is 7.68. The molecule has 7 heteroatoms. The molecule has 0 aliphatic heterocycles. The van der Waals surface area contributed by atoms with E-state index < -0.39 is 5.97 Å². The number of hydrogen-bond donors (Lipinski definition) is 1. The largest absolute Gasteiger partial charge is 0.477 e. The second kappa shape index (κ2) is 6.44. The van der Waals surface area contributed by atoms with E-state index in [0.717, 1.165) is 5.56 Å². The summed E-state index contributed by atoms with van der Waals surface area (Å²) in [7, 11) is 0. The second-order valence-electron chi connectivity index (χ2n) is 5.62. The van der Waals surface area contributed by atoms with Crippen LogP contribution in [0.25, 0.3) is 28.2 Å². The number of fused-ring (bicyclic) bond motifs is 1. The van der Waals surface area contributed by atoms with Gasteiger partial charge < -0.3 is 5.11 Å². The molecule has 1 N–H and O–H groups in total. The van der Waals surface area contributed by atoms with Crippen molar-refractivity contribution in [2.75, 3.05) is 0 Å². The maximum atomic E-state index is 11.7. The van der Waals surface area contributed by atoms with Crippen molar-refractivity contribution in [3.8, 4) is 22.5 Å². The first-order chi connectivity index (χ1) is 12.5. The van der Waals surface area contributed by atoms with E-state index in [1.165, 1.54) is 10.6 Å². The van der Waals surface area contributed by atoms with Crippen LogP contribution in [0.2, 0.25) is 10.0 Å². The van der Waals surface area contributed by atoms with Gasteiger partial charge in [-0.3, -0.25) is 0 Å². The van der Waals surface area contributed by atoms with Gasteiger partial charge in [0.2, 0.25) is 0 Å². The van der Waals surface area contributed by atoms with Gasteiger partial charge in [-0.15, -0.1) is 0 Å². The van der Waals surface area contributed by atoms with E-state index in [2.05, 4.69) is 10.1 Å². The van der Waals surface area contributed by atoms with Gasteiger partial charge in [0.25, 0.3) is 0 Å². The molecule has 0 amide bonds. The van der Waals surface area contributed by atoms with Crippen molar-refractivity contribution in [3.05, 3.63) is 76.4 Å². The van der Waals surface area contributed by atoms with Crippen LogP contribution in [0, 0.1) is 0 Å². The van der Waals surface area contributed by atoms with Crippen LogP contribution in [0.4, 0.5) is 0 Å². The molecule has 0 aliphatic rings. The van der Waals surface area contributed by atoms with Crippen molar-refractivity contribution in [3.63, 3.8) is 0 Å².